The molecule has 0 unspecified atom stereocenters. The van der Waals surface area contributed by atoms with Gasteiger partial charge in [-0.05, 0) is 305 Å². The summed E-state index contributed by atoms with van der Waals surface area (Å²) >= 11 is 0. The summed E-state index contributed by atoms with van der Waals surface area (Å²) < 4.78 is 31.4. The van der Waals surface area contributed by atoms with E-state index in [1.54, 1.807) is 50.5 Å². The van der Waals surface area contributed by atoms with Gasteiger partial charge in [-0.3, -0.25) is 34.5 Å². The first-order valence-electron chi connectivity index (χ1n) is 50.0. The number of likely N-dealkylation sites (tertiary alicyclic amines) is 4. The van der Waals surface area contributed by atoms with Crippen molar-refractivity contribution in [2.75, 3.05) is 80.3 Å². The molecule has 141 heavy (non-hydrogen) atoms. The molecule has 8 aliphatic rings. The molecule has 4 saturated heterocycles. The van der Waals surface area contributed by atoms with Crippen molar-refractivity contribution in [3.63, 3.8) is 0 Å². The Balaban J connectivity index is 0.000000135. The van der Waals surface area contributed by atoms with Crippen LogP contribution in [-0.2, 0) is 39.5 Å². The van der Waals surface area contributed by atoms with Gasteiger partial charge in [-0.15, -0.1) is 19.3 Å². The van der Waals surface area contributed by atoms with Crippen molar-refractivity contribution in [3.05, 3.63) is 286 Å². The first kappa shape index (κ1) is 100. The number of hydrogen-bond donors (Lipinski definition) is 4. The van der Waals surface area contributed by atoms with Gasteiger partial charge in [-0.2, -0.15) is 20.6 Å². The monoisotopic (exact) mass is 1890 g/mol. The second kappa shape index (κ2) is 45.7. The van der Waals surface area contributed by atoms with Crippen molar-refractivity contribution in [2.24, 2.45) is 0 Å². The molecule has 0 radical (unpaired) electrons. The number of aromatic amines is 4. The van der Waals surface area contributed by atoms with Crippen LogP contribution in [0.1, 0.15) is 331 Å². The van der Waals surface area contributed by atoms with Crippen molar-refractivity contribution >= 4 is 23.6 Å². The van der Waals surface area contributed by atoms with Gasteiger partial charge in [0.05, 0.1) is 36.7 Å². The molecular formula is C117H131FN16O7. The van der Waals surface area contributed by atoms with E-state index in [0.717, 1.165) is 192 Å². The SMILES string of the molecule is C.C#Cc1ccc(C2CCN(C(=O)c3cc(-c4n[nH]c(C)n4)c(C4CCC4)cc3C)CC2)cc1.C#Cc1ccc(C2CCN(C(=O)c3cc(-c4n[nH]c(COC)n4)c(C4CCC4)cc3C)CC2)cc1.C#Cc1ccc(C2CCN(C(=O)c3cc(-c4ncc(COC)[nH]4)c(C4CCC4)cc3C)CC2)cc1.COCCc1nc(-c2cc(C(=O)N3CCC(F)(c4ccc(C#N)cc4)CC3)c(C)cc2C2CCC2)n[nH]1. The molecule has 728 valence electrons. The Bertz CT molecular complexity index is 6390. The number of halogens is 1. The zero-order chi connectivity index (χ0) is 97.7. The minimum Gasteiger partial charge on any atom is -0.384 e. The van der Waals surface area contributed by atoms with E-state index in [1.165, 1.54) is 103 Å². The average Bonchev–Trinajstić information content (AvgIpc) is 1.56. The maximum Gasteiger partial charge on any atom is 0.254 e. The Labute approximate surface area is 829 Å². The van der Waals surface area contributed by atoms with Crippen LogP contribution >= 0.6 is 0 Å². The van der Waals surface area contributed by atoms with Gasteiger partial charge in [0.25, 0.3) is 23.6 Å². The van der Waals surface area contributed by atoms with Crippen molar-refractivity contribution in [2.45, 2.75) is 237 Å². The number of H-pyrrole nitrogens is 4. The van der Waals surface area contributed by atoms with Crippen LogP contribution in [0, 0.1) is 83.0 Å². The Morgan fingerprint density at radius 2 is 0.745 bits per heavy atom. The molecule has 4 aliphatic heterocycles. The van der Waals surface area contributed by atoms with Crippen LogP contribution in [0.15, 0.2) is 152 Å². The number of terminal acetylenes is 3. The number of carbonyl (C=O) groups is 4. The van der Waals surface area contributed by atoms with E-state index in [9.17, 15) is 19.2 Å². The molecule has 4 amide bonds. The fourth-order valence-electron chi connectivity index (χ4n) is 21.1. The van der Waals surface area contributed by atoms with E-state index in [0.29, 0.717) is 121 Å². The first-order valence-corrected chi connectivity index (χ1v) is 50.0. The molecule has 23 nitrogen and oxygen atoms in total. The summed E-state index contributed by atoms with van der Waals surface area (Å²) in [6, 6.07) is 50.4. The molecule has 0 bridgehead atoms. The molecule has 12 aromatic rings. The molecular weight excluding hydrogens is 1760 g/mol. The van der Waals surface area contributed by atoms with Gasteiger partial charge in [0.2, 0.25) is 0 Å². The fourth-order valence-corrected chi connectivity index (χ4v) is 21.1. The van der Waals surface area contributed by atoms with Crippen molar-refractivity contribution in [3.8, 4) is 88.7 Å². The highest BCUT2D eigenvalue weighted by molar-refractivity contribution is 6.00. The van der Waals surface area contributed by atoms with Crippen molar-refractivity contribution < 1.29 is 37.8 Å². The maximum atomic E-state index is 15.8. The molecule has 24 heteroatoms. The molecule has 4 aliphatic carbocycles. The topological polar surface area (TPSA) is 286 Å². The molecule has 4 aromatic heterocycles. The van der Waals surface area contributed by atoms with Gasteiger partial charge in [-0.1, -0.05) is 124 Å². The van der Waals surface area contributed by atoms with Crippen LogP contribution in [0.25, 0.3) is 45.6 Å². The van der Waals surface area contributed by atoms with Gasteiger partial charge >= 0.3 is 0 Å². The molecule has 0 atom stereocenters. The van der Waals surface area contributed by atoms with Gasteiger partial charge in [0.15, 0.2) is 23.3 Å². The molecule has 4 N–H and O–H groups in total. The average molecular weight is 1890 g/mol. The van der Waals surface area contributed by atoms with Crippen LogP contribution in [0.2, 0.25) is 0 Å². The van der Waals surface area contributed by atoms with E-state index < -0.39 is 5.67 Å². The molecule has 0 spiro atoms. The third kappa shape index (κ3) is 22.8. The Morgan fingerprint density at radius 1 is 0.411 bits per heavy atom. The lowest BCUT2D eigenvalue weighted by molar-refractivity contribution is 0.0420. The number of nitriles is 1. The summed E-state index contributed by atoms with van der Waals surface area (Å²) in [6.45, 7) is 16.7. The van der Waals surface area contributed by atoms with E-state index in [4.69, 9.17) is 38.7 Å². The van der Waals surface area contributed by atoms with Crippen molar-refractivity contribution in [1.29, 1.82) is 5.26 Å². The minimum absolute atomic E-state index is 0. The van der Waals surface area contributed by atoms with Gasteiger partial charge < -0.3 is 38.8 Å². The van der Waals surface area contributed by atoms with Crippen LogP contribution in [0.3, 0.4) is 0 Å². The predicted molar refractivity (Wildman–Crippen MR) is 549 cm³/mol. The highest BCUT2D eigenvalue weighted by atomic mass is 19.1. The molecule has 8 fully saturated rings. The van der Waals surface area contributed by atoms with Crippen LogP contribution in [-0.4, -0.2) is 179 Å². The Kier molecular flexibility index (Phi) is 32.5. The number of aryl methyl sites for hydroxylation is 5. The maximum absolute atomic E-state index is 15.8. The lowest BCUT2D eigenvalue weighted by Gasteiger charge is -2.37. The second-order valence-corrected chi connectivity index (χ2v) is 39.3. The van der Waals surface area contributed by atoms with E-state index in [2.05, 4.69) is 160 Å². The van der Waals surface area contributed by atoms with Crippen LogP contribution in [0.5, 0.6) is 0 Å². The number of imidazole rings is 1. The smallest absolute Gasteiger partial charge is 0.254 e. The summed E-state index contributed by atoms with van der Waals surface area (Å²) in [7, 11) is 4.97. The highest BCUT2D eigenvalue weighted by Gasteiger charge is 2.40. The molecule has 4 saturated carbocycles. The van der Waals surface area contributed by atoms with Gasteiger partial charge in [0.1, 0.15) is 29.7 Å². The minimum atomic E-state index is -1.50. The molecule has 8 aromatic carbocycles. The number of hydrogen-bond acceptors (Lipinski definition) is 15. The number of carbonyl (C=O) groups excluding carboxylic acids is 4. The number of rotatable bonds is 23. The predicted octanol–water partition coefficient (Wildman–Crippen LogP) is 22.2. The Hall–Kier alpha value is -13.8. The summed E-state index contributed by atoms with van der Waals surface area (Å²) in [5.74, 6) is 16.7. The standard InChI is InChI=1S/C30H33N3O2.C29H32FN5O2.C29H32N4O2.C28H30N4O.CH4/c1-4-21-8-10-22(11-9-21)23-12-14-33(15-13-23)30(34)26-17-28(29-31-18-25(32-29)19-35-3)27(16-20(26)2)24-6-5-7-24;1-19-16-24(21-4-3-5-21)25(27-32-26(33-34-27)10-15-37-2)17-23(19)28(36)35-13-11-29(30,12-14-35)22-8-6-20(18-31)7-9-22;1-4-20-8-10-21(11-9-20)22-12-14-33(15-13-22)29(34)24-17-26(28-30-27(18-35-3)31-32-28)25(16-19(24)2)23-6-5-7-23;1-4-20-8-10-21(11-9-20)22-12-14-32(15-13-22)28(33)24-17-26(27-29-19(3)30-31-27)25(16-18(24)2)23-6-5-7-23;/h1,8-11,16-18,23-24H,5-7,12-15,19H2,2-3H3,(H,31,32);6-9,16-17,21H,3-5,10-15H2,1-2H3,(H,32,33,34);1,8-11,16-17,22-23H,5-7,12-15,18H2,2-3H3,(H,30,31,32);1,8-11,16-17,22-23H,5-7,12-15H2,2-3H3,(H,29,30,31);1H4. The largest absolute Gasteiger partial charge is 0.384 e. The number of alkyl halides is 1. The van der Waals surface area contributed by atoms with E-state index in [1.807, 2.05) is 96.3 Å². The quantitative estimate of drug-likeness (QED) is 0.0433. The highest BCUT2D eigenvalue weighted by Crippen LogP contribution is 2.48. The third-order valence-electron chi connectivity index (χ3n) is 30.4. The number of methoxy groups -OCH3 is 3. The second-order valence-electron chi connectivity index (χ2n) is 39.3. The lowest BCUT2D eigenvalue weighted by atomic mass is 9.77. The number of amides is 4. The van der Waals surface area contributed by atoms with Gasteiger partial charge in [0, 0.05) is 154 Å². The summed E-state index contributed by atoms with van der Waals surface area (Å²) in [5, 5.41) is 31.3. The van der Waals surface area contributed by atoms with Crippen LogP contribution in [0.4, 0.5) is 4.39 Å². The first-order chi connectivity index (χ1) is 68.1. The third-order valence-corrected chi connectivity index (χ3v) is 30.4. The number of aromatic nitrogens is 11. The Morgan fingerprint density at radius 3 is 1.08 bits per heavy atom. The van der Waals surface area contributed by atoms with Gasteiger partial charge in [-0.25, -0.2) is 24.3 Å². The number of ether oxygens (including phenoxy) is 3. The van der Waals surface area contributed by atoms with E-state index in [-0.39, 0.29) is 43.9 Å². The summed E-state index contributed by atoms with van der Waals surface area (Å²) in [6.07, 6.45) is 39.5. The number of piperidine rings is 4. The van der Waals surface area contributed by atoms with Crippen LogP contribution < -0.4 is 0 Å². The number of nitrogens with zero attached hydrogens (tertiary/aromatic N) is 12. The molecule has 8 heterocycles. The molecule has 20 rings (SSSR count). The number of nitrogens with one attached hydrogen (secondary N) is 4. The van der Waals surface area contributed by atoms with E-state index >= 15 is 4.39 Å². The van der Waals surface area contributed by atoms with Crippen molar-refractivity contribution in [1.82, 2.24) is 75.1 Å². The zero-order valence-electron chi connectivity index (χ0n) is 81.9. The lowest BCUT2D eigenvalue weighted by Crippen LogP contribution is -2.43. The zero-order valence-corrected chi connectivity index (χ0v) is 81.9. The summed E-state index contributed by atoms with van der Waals surface area (Å²) in [5.41, 5.74) is 23.1. The number of benzene rings is 8. The summed E-state index contributed by atoms with van der Waals surface area (Å²) in [4.78, 5) is 84.2. The normalized spacial score (nSPS) is 16.8. The fraction of sp³-hybridized carbons (Fsp3) is 0.419.